The lowest BCUT2D eigenvalue weighted by Crippen LogP contribution is -2.50. The van der Waals surface area contributed by atoms with Crippen molar-refractivity contribution in [2.24, 2.45) is 13.0 Å². The van der Waals surface area contributed by atoms with Crippen LogP contribution in [-0.2, 0) is 11.8 Å². The van der Waals surface area contributed by atoms with Crippen LogP contribution in [0.5, 0.6) is 5.75 Å². The number of likely N-dealkylation sites (N-methyl/N-ethyl adjacent to an activating group) is 1. The lowest BCUT2D eigenvalue weighted by molar-refractivity contribution is -0.137. The molecule has 0 atom stereocenters. The van der Waals surface area contributed by atoms with Gasteiger partial charge in [0.15, 0.2) is 5.82 Å². The summed E-state index contributed by atoms with van der Waals surface area (Å²) in [5, 5.41) is 6.98. The largest absolute Gasteiger partial charge is 0.492 e. The zero-order chi connectivity index (χ0) is 30.6. The van der Waals surface area contributed by atoms with Crippen molar-refractivity contribution >= 4 is 57.5 Å². The first-order valence-corrected chi connectivity index (χ1v) is 16.6. The van der Waals surface area contributed by atoms with E-state index in [1.807, 2.05) is 49.0 Å². The summed E-state index contributed by atoms with van der Waals surface area (Å²) in [6.07, 6.45) is 5.81. The second-order valence-electron chi connectivity index (χ2n) is 11.5. The van der Waals surface area contributed by atoms with Gasteiger partial charge in [-0.1, -0.05) is 12.1 Å². The Morgan fingerprint density at radius 2 is 1.73 bits per heavy atom. The molecule has 6 rings (SSSR count). The number of nitrogens with zero attached hydrogens (tertiary/aromatic N) is 6. The van der Waals surface area contributed by atoms with Gasteiger partial charge in [0.2, 0.25) is 11.9 Å². The predicted octanol–water partition coefficient (Wildman–Crippen LogP) is 5.57. The average Bonchev–Trinajstić information content (AvgIpc) is 3.42. The van der Waals surface area contributed by atoms with Gasteiger partial charge in [-0.25, -0.2) is 4.98 Å². The van der Waals surface area contributed by atoms with Gasteiger partial charge in [0.25, 0.3) is 0 Å². The van der Waals surface area contributed by atoms with Crippen LogP contribution in [0.4, 0.5) is 28.8 Å². The second-order valence-corrected chi connectivity index (χ2v) is 12.4. The number of carbonyl (C=O) groups is 1. The van der Waals surface area contributed by atoms with Gasteiger partial charge in [-0.15, -0.1) is 11.8 Å². The van der Waals surface area contributed by atoms with Crippen molar-refractivity contribution in [3.63, 3.8) is 0 Å². The number of hydrogen-bond acceptors (Lipinski definition) is 9. The number of benzene rings is 2. The fourth-order valence-electron chi connectivity index (χ4n) is 6.09. The van der Waals surface area contributed by atoms with Crippen LogP contribution in [0.3, 0.4) is 0 Å². The summed E-state index contributed by atoms with van der Waals surface area (Å²) in [6, 6.07) is 16.5. The number of aromatic nitrogens is 3. The van der Waals surface area contributed by atoms with Crippen LogP contribution in [0.25, 0.3) is 11.0 Å². The molecule has 44 heavy (non-hydrogen) atoms. The third-order valence-electron chi connectivity index (χ3n) is 8.62. The first-order valence-electron chi connectivity index (χ1n) is 15.4. The number of amides is 1. The van der Waals surface area contributed by atoms with E-state index in [4.69, 9.17) is 14.7 Å². The number of nitrogens with one attached hydrogen (secondary N) is 2. The van der Waals surface area contributed by atoms with E-state index in [9.17, 15) is 4.79 Å². The molecule has 4 aromatic rings. The standard InChI is InChI=1S/C33H42N8O2S/c1-5-43-28-22-24(40-16-12-23(13-17-40)32(42)41-20-18-38(2)19-21-41)10-11-25(28)35-33-36-27-14-15-39(3)30(27)31(37-33)34-26-8-6-7-9-29(26)44-4/h6-11,14-15,22-23H,5,12-13,16-21H2,1-4H3,(H2,34,35,36,37). The topological polar surface area (TPSA) is 90.8 Å². The number of rotatable bonds is 9. The Bertz CT molecular complexity index is 1610. The molecule has 2 saturated heterocycles. The lowest BCUT2D eigenvalue weighted by Gasteiger charge is -2.38. The normalized spacial score (nSPS) is 16.4. The number of hydrogen-bond donors (Lipinski definition) is 2. The molecule has 10 nitrogen and oxygen atoms in total. The maximum Gasteiger partial charge on any atom is 0.229 e. The second kappa shape index (κ2) is 13.4. The SMILES string of the molecule is CCOc1cc(N2CCC(C(=O)N3CCN(C)CC3)CC2)ccc1Nc1nc(Nc2ccccc2SC)c2c(ccn2C)n1. The number of piperazine rings is 1. The average molecular weight is 615 g/mol. The minimum absolute atomic E-state index is 0.109. The molecule has 0 unspecified atom stereocenters. The number of para-hydroxylation sites is 1. The van der Waals surface area contributed by atoms with Crippen molar-refractivity contribution in [3.05, 3.63) is 54.7 Å². The number of piperidine rings is 1. The number of anilines is 5. The zero-order valence-electron chi connectivity index (χ0n) is 26.0. The van der Waals surface area contributed by atoms with E-state index >= 15 is 0 Å². The number of thioether (sulfide) groups is 1. The Morgan fingerprint density at radius 1 is 0.955 bits per heavy atom. The number of fused-ring (bicyclic) bond motifs is 1. The van der Waals surface area contributed by atoms with Gasteiger partial charge in [-0.3, -0.25) is 4.79 Å². The highest BCUT2D eigenvalue weighted by Gasteiger charge is 2.30. The van der Waals surface area contributed by atoms with Crippen LogP contribution < -0.4 is 20.3 Å². The molecular weight excluding hydrogens is 572 g/mol. The maximum absolute atomic E-state index is 13.1. The molecule has 2 N–H and O–H groups in total. The van der Waals surface area contributed by atoms with Crippen molar-refractivity contribution in [1.29, 1.82) is 0 Å². The van der Waals surface area contributed by atoms with E-state index in [-0.39, 0.29) is 5.92 Å². The highest BCUT2D eigenvalue weighted by Crippen LogP contribution is 2.36. The molecule has 2 fully saturated rings. The smallest absolute Gasteiger partial charge is 0.229 e. The summed E-state index contributed by atoms with van der Waals surface area (Å²) in [6.45, 7) is 7.82. The van der Waals surface area contributed by atoms with Gasteiger partial charge in [0.1, 0.15) is 11.3 Å². The summed E-state index contributed by atoms with van der Waals surface area (Å²) >= 11 is 1.69. The quantitative estimate of drug-likeness (QED) is 0.235. The first-order chi connectivity index (χ1) is 21.4. The molecule has 4 heterocycles. The Hall–Kier alpha value is -3.96. The molecule has 1 amide bonds. The van der Waals surface area contributed by atoms with E-state index in [1.54, 1.807) is 11.8 Å². The lowest BCUT2D eigenvalue weighted by atomic mass is 9.94. The Labute approximate surface area is 263 Å². The maximum atomic E-state index is 13.1. The summed E-state index contributed by atoms with van der Waals surface area (Å²) in [5.41, 5.74) is 4.68. The van der Waals surface area contributed by atoms with Crippen LogP contribution in [0.1, 0.15) is 19.8 Å². The third kappa shape index (κ3) is 6.44. The van der Waals surface area contributed by atoms with Gasteiger partial charge in [0, 0.05) is 75.1 Å². The van der Waals surface area contributed by atoms with E-state index in [0.29, 0.717) is 18.5 Å². The van der Waals surface area contributed by atoms with Crippen molar-refractivity contribution in [3.8, 4) is 5.75 Å². The summed E-state index contributed by atoms with van der Waals surface area (Å²) in [5.74, 6) is 2.41. The fourth-order valence-corrected chi connectivity index (χ4v) is 6.64. The van der Waals surface area contributed by atoms with Crippen LogP contribution in [0, 0.1) is 5.92 Å². The van der Waals surface area contributed by atoms with Crippen molar-refractivity contribution in [1.82, 2.24) is 24.3 Å². The minimum atomic E-state index is 0.109. The molecule has 2 aliphatic heterocycles. The summed E-state index contributed by atoms with van der Waals surface area (Å²) in [4.78, 5) is 30.7. The fraction of sp³-hybridized carbons (Fsp3) is 0.424. The molecule has 11 heteroatoms. The molecule has 0 bridgehead atoms. The highest BCUT2D eigenvalue weighted by atomic mass is 32.2. The molecule has 2 aromatic carbocycles. The summed E-state index contributed by atoms with van der Waals surface area (Å²) in [7, 11) is 4.12. The van der Waals surface area contributed by atoms with Crippen LogP contribution in [0.15, 0.2) is 59.6 Å². The minimum Gasteiger partial charge on any atom is -0.492 e. The number of aryl methyl sites for hydroxylation is 1. The number of ether oxygens (including phenoxy) is 1. The highest BCUT2D eigenvalue weighted by molar-refractivity contribution is 7.98. The van der Waals surface area contributed by atoms with Gasteiger partial charge in [0.05, 0.1) is 23.5 Å². The van der Waals surface area contributed by atoms with E-state index in [1.165, 1.54) is 0 Å². The van der Waals surface area contributed by atoms with E-state index in [2.05, 4.69) is 62.9 Å². The third-order valence-corrected chi connectivity index (χ3v) is 9.41. The molecule has 232 valence electrons. The van der Waals surface area contributed by atoms with E-state index in [0.717, 1.165) is 96.7 Å². The molecule has 2 aromatic heterocycles. The van der Waals surface area contributed by atoms with Crippen molar-refractivity contribution < 1.29 is 9.53 Å². The van der Waals surface area contributed by atoms with Gasteiger partial charge < -0.3 is 34.6 Å². The monoisotopic (exact) mass is 614 g/mol. The van der Waals surface area contributed by atoms with Crippen LogP contribution in [0.2, 0.25) is 0 Å². The Balaban J connectivity index is 1.19. The van der Waals surface area contributed by atoms with Gasteiger partial charge >= 0.3 is 0 Å². The Kier molecular flexibility index (Phi) is 9.13. The summed E-state index contributed by atoms with van der Waals surface area (Å²) < 4.78 is 8.14. The number of carbonyl (C=O) groups excluding carboxylic acids is 1. The first kappa shape index (κ1) is 30.1. The molecule has 0 aliphatic carbocycles. The van der Waals surface area contributed by atoms with Crippen LogP contribution >= 0.6 is 11.8 Å². The zero-order valence-corrected chi connectivity index (χ0v) is 26.9. The molecule has 0 radical (unpaired) electrons. The Morgan fingerprint density at radius 3 is 2.48 bits per heavy atom. The van der Waals surface area contributed by atoms with Gasteiger partial charge in [-0.05, 0) is 63.4 Å². The van der Waals surface area contributed by atoms with Crippen molar-refractivity contribution in [2.75, 3.05) is 74.7 Å². The van der Waals surface area contributed by atoms with Crippen LogP contribution in [-0.4, -0.2) is 89.4 Å². The molecule has 0 spiro atoms. The van der Waals surface area contributed by atoms with Gasteiger partial charge in [-0.2, -0.15) is 4.98 Å². The predicted molar refractivity (Wildman–Crippen MR) is 180 cm³/mol. The van der Waals surface area contributed by atoms with E-state index < -0.39 is 0 Å². The molecule has 2 aliphatic rings. The molecular formula is C33H42N8O2S. The van der Waals surface area contributed by atoms with Crippen molar-refractivity contribution in [2.45, 2.75) is 24.7 Å². The molecule has 0 saturated carbocycles.